The van der Waals surface area contributed by atoms with E-state index in [1.165, 1.54) is 16.9 Å². The summed E-state index contributed by atoms with van der Waals surface area (Å²) >= 11 is 1.35. The van der Waals surface area contributed by atoms with E-state index in [1.54, 1.807) is 6.20 Å². The maximum Gasteiger partial charge on any atom is 0.232 e. The minimum Gasteiger partial charge on any atom is -0.357 e. The van der Waals surface area contributed by atoms with Crippen LogP contribution in [0.1, 0.15) is 38.8 Å². The minimum atomic E-state index is -0.150. The Kier molecular flexibility index (Phi) is 8.91. The predicted molar refractivity (Wildman–Crippen MR) is 131 cm³/mol. The van der Waals surface area contributed by atoms with Gasteiger partial charge in [0.05, 0.1) is 6.42 Å². The largest absolute Gasteiger partial charge is 0.357 e. The molecule has 3 heterocycles. The summed E-state index contributed by atoms with van der Waals surface area (Å²) in [7, 11) is 1.84. The fourth-order valence-electron chi connectivity index (χ4n) is 3.33. The third-order valence-corrected chi connectivity index (χ3v) is 6.07. The van der Waals surface area contributed by atoms with Gasteiger partial charge in [0, 0.05) is 38.1 Å². The summed E-state index contributed by atoms with van der Waals surface area (Å²) in [4.78, 5) is 23.1. The summed E-state index contributed by atoms with van der Waals surface area (Å²) in [6.07, 6.45) is 11.2. The number of rotatable bonds is 8. The van der Waals surface area contributed by atoms with Crippen LogP contribution in [0.15, 0.2) is 53.2 Å². The van der Waals surface area contributed by atoms with Gasteiger partial charge >= 0.3 is 0 Å². The van der Waals surface area contributed by atoms with Gasteiger partial charge < -0.3 is 15.5 Å². The third-order valence-electron chi connectivity index (χ3n) is 5.30. The second-order valence-corrected chi connectivity index (χ2v) is 8.65. The fourth-order valence-corrected chi connectivity index (χ4v) is 4.06. The van der Waals surface area contributed by atoms with Crippen molar-refractivity contribution >= 4 is 33.3 Å². The van der Waals surface area contributed by atoms with E-state index in [4.69, 9.17) is 0 Å². The highest BCUT2D eigenvalue weighted by molar-refractivity contribution is 7.19. The molecule has 0 unspecified atom stereocenters. The van der Waals surface area contributed by atoms with Crippen LogP contribution in [0.4, 0.5) is 10.3 Å². The third kappa shape index (κ3) is 7.26. The van der Waals surface area contributed by atoms with Gasteiger partial charge in [0.2, 0.25) is 16.2 Å². The summed E-state index contributed by atoms with van der Waals surface area (Å²) < 4.78 is 0. The van der Waals surface area contributed by atoms with E-state index in [0.29, 0.717) is 11.2 Å². The highest BCUT2D eigenvalue weighted by Gasteiger charge is 2.21. The summed E-state index contributed by atoms with van der Waals surface area (Å²) in [6.45, 7) is 6.15. The fraction of sp³-hybridized carbons (Fsp3) is 0.435. The molecule has 1 aliphatic rings. The zero-order chi connectivity index (χ0) is 22.8. The van der Waals surface area contributed by atoms with Crippen molar-refractivity contribution in [1.82, 2.24) is 20.1 Å². The minimum absolute atomic E-state index is 0.150. The number of piperidine rings is 1. The van der Waals surface area contributed by atoms with E-state index in [-0.39, 0.29) is 12.3 Å². The number of amides is 1. The van der Waals surface area contributed by atoms with E-state index >= 15 is 0 Å². The van der Waals surface area contributed by atoms with Crippen LogP contribution in [0.2, 0.25) is 0 Å². The maximum absolute atomic E-state index is 12.2. The monoisotopic (exact) mass is 453 g/mol. The zero-order valence-corrected chi connectivity index (χ0v) is 19.7. The Hall–Kier alpha value is -3.07. The molecule has 2 aromatic rings. The number of carbonyl (C=O) groups excluding carboxylic acids is 1. The molecule has 0 saturated carbocycles. The number of pyridine rings is 1. The van der Waals surface area contributed by atoms with Crippen molar-refractivity contribution in [2.45, 2.75) is 45.6 Å². The van der Waals surface area contributed by atoms with Gasteiger partial charge in [-0.05, 0) is 44.4 Å². The van der Waals surface area contributed by atoms with Crippen molar-refractivity contribution in [3.8, 4) is 0 Å². The van der Waals surface area contributed by atoms with Crippen LogP contribution in [0.25, 0.3) is 0 Å². The molecule has 8 nitrogen and oxygen atoms in total. The van der Waals surface area contributed by atoms with Gasteiger partial charge in [-0.25, -0.2) is 0 Å². The number of allylic oxidation sites excluding steroid dienone is 3. The van der Waals surface area contributed by atoms with Crippen LogP contribution in [0.5, 0.6) is 0 Å². The lowest BCUT2D eigenvalue weighted by molar-refractivity contribution is -0.115. The van der Waals surface area contributed by atoms with Crippen LogP contribution in [-0.2, 0) is 11.2 Å². The van der Waals surface area contributed by atoms with E-state index in [2.05, 4.69) is 67.8 Å². The molecule has 1 fully saturated rings. The Morgan fingerprint density at radius 1 is 1.28 bits per heavy atom. The second kappa shape index (κ2) is 12.1. The summed E-state index contributed by atoms with van der Waals surface area (Å²) in [5, 5.41) is 15.7. The van der Waals surface area contributed by atoms with Crippen LogP contribution < -0.4 is 10.6 Å². The van der Waals surface area contributed by atoms with Crippen molar-refractivity contribution < 1.29 is 4.79 Å². The molecule has 9 heteroatoms. The number of nitrogens with zero attached hydrogens (tertiary/aromatic N) is 5. The van der Waals surface area contributed by atoms with E-state index < -0.39 is 0 Å². The molecule has 32 heavy (non-hydrogen) atoms. The lowest BCUT2D eigenvalue weighted by Gasteiger charge is -2.33. The molecule has 1 amide bonds. The molecule has 0 aromatic carbocycles. The van der Waals surface area contributed by atoms with Crippen LogP contribution in [0, 0.1) is 0 Å². The van der Waals surface area contributed by atoms with Gasteiger partial charge in [0.25, 0.3) is 0 Å². The standard InChI is InChI=1S/C23H31N7OS/c1-4-17(2)8-7-10-20(24-3)30-14-11-18(12-15-30)26-22-28-29-23(32-22)27-21(31)16-19-9-5-6-13-25-19/h5-10,13,18H,4,11-12,14-16H2,1-3H3,(H,26,28)(H,27,29,31)/b10-7-,17-8+,24-20?. The van der Waals surface area contributed by atoms with Gasteiger partial charge in [0.1, 0.15) is 5.84 Å². The SMILES string of the molecule is CC/C(C)=C/C=C\C(=NC)N1CCC(Nc2nnc(NC(=O)Cc3ccccn3)s2)CC1. The molecule has 0 bridgehead atoms. The molecule has 1 aliphatic heterocycles. The Morgan fingerprint density at radius 2 is 2.06 bits per heavy atom. The topological polar surface area (TPSA) is 95.4 Å². The van der Waals surface area contributed by atoms with E-state index in [1.807, 2.05) is 25.2 Å². The molecule has 0 radical (unpaired) electrons. The van der Waals surface area contributed by atoms with Crippen molar-refractivity contribution in [2.24, 2.45) is 4.99 Å². The average molecular weight is 454 g/mol. The molecule has 2 aromatic heterocycles. The number of aromatic nitrogens is 3. The molecule has 0 atom stereocenters. The molecular formula is C23H31N7OS. The Morgan fingerprint density at radius 3 is 2.75 bits per heavy atom. The van der Waals surface area contributed by atoms with E-state index in [9.17, 15) is 4.79 Å². The number of likely N-dealkylation sites (tertiary alicyclic amines) is 1. The van der Waals surface area contributed by atoms with Crippen molar-refractivity contribution in [3.05, 3.63) is 53.9 Å². The normalized spacial score (nSPS) is 15.9. The van der Waals surface area contributed by atoms with Crippen molar-refractivity contribution in [2.75, 3.05) is 30.8 Å². The summed E-state index contributed by atoms with van der Waals surface area (Å²) in [6, 6.07) is 5.84. The first kappa shape index (κ1) is 23.6. The molecule has 0 spiro atoms. The van der Waals surface area contributed by atoms with Crippen molar-refractivity contribution in [3.63, 3.8) is 0 Å². The predicted octanol–water partition coefficient (Wildman–Crippen LogP) is 3.93. The van der Waals surface area contributed by atoms with Gasteiger partial charge in [-0.3, -0.25) is 14.8 Å². The number of carbonyl (C=O) groups is 1. The zero-order valence-electron chi connectivity index (χ0n) is 18.9. The number of hydrogen-bond donors (Lipinski definition) is 2. The smallest absolute Gasteiger partial charge is 0.232 e. The Balaban J connectivity index is 1.45. The Bertz CT molecular complexity index is 960. The molecule has 1 saturated heterocycles. The first-order valence-corrected chi connectivity index (χ1v) is 11.7. The second-order valence-electron chi connectivity index (χ2n) is 7.67. The van der Waals surface area contributed by atoms with Crippen LogP contribution in [0.3, 0.4) is 0 Å². The summed E-state index contributed by atoms with van der Waals surface area (Å²) in [5.74, 6) is 0.862. The highest BCUT2D eigenvalue weighted by atomic mass is 32.1. The highest BCUT2D eigenvalue weighted by Crippen LogP contribution is 2.23. The molecule has 0 aliphatic carbocycles. The number of anilines is 2. The van der Waals surface area contributed by atoms with Gasteiger partial charge in [-0.2, -0.15) is 0 Å². The van der Waals surface area contributed by atoms with Crippen molar-refractivity contribution in [1.29, 1.82) is 0 Å². The quantitative estimate of drug-likeness (QED) is 0.357. The lowest BCUT2D eigenvalue weighted by atomic mass is 10.1. The molecule has 170 valence electrons. The first-order chi connectivity index (χ1) is 15.6. The first-order valence-electron chi connectivity index (χ1n) is 10.9. The number of nitrogens with one attached hydrogen (secondary N) is 2. The van der Waals surface area contributed by atoms with Gasteiger partial charge in [-0.15, -0.1) is 10.2 Å². The maximum atomic E-state index is 12.2. The van der Waals surface area contributed by atoms with Crippen LogP contribution >= 0.6 is 11.3 Å². The molecule has 3 rings (SSSR count). The van der Waals surface area contributed by atoms with E-state index in [0.717, 1.165) is 49.0 Å². The number of aliphatic imine (C=N–C) groups is 1. The average Bonchev–Trinajstić information content (AvgIpc) is 3.24. The molecule has 2 N–H and O–H groups in total. The van der Waals surface area contributed by atoms with Crippen LogP contribution in [-0.4, -0.2) is 58.0 Å². The van der Waals surface area contributed by atoms with Gasteiger partial charge in [0.15, 0.2) is 0 Å². The summed E-state index contributed by atoms with van der Waals surface area (Å²) in [5.41, 5.74) is 2.07. The van der Waals surface area contributed by atoms with Gasteiger partial charge in [-0.1, -0.05) is 42.1 Å². The lowest BCUT2D eigenvalue weighted by Crippen LogP contribution is -2.41. The number of amidine groups is 1. The Labute approximate surface area is 193 Å². The number of hydrogen-bond acceptors (Lipinski definition) is 7. The molecular weight excluding hydrogens is 422 g/mol.